The highest BCUT2D eigenvalue weighted by Crippen LogP contribution is 2.10. The van der Waals surface area contributed by atoms with Gasteiger partial charge in [0.05, 0.1) is 18.7 Å². The number of carboxylic acids is 1. The van der Waals surface area contributed by atoms with Gasteiger partial charge in [0.1, 0.15) is 5.82 Å². The summed E-state index contributed by atoms with van der Waals surface area (Å²) < 4.78 is 18.2. The van der Waals surface area contributed by atoms with Crippen molar-refractivity contribution in [2.75, 3.05) is 26.8 Å². The van der Waals surface area contributed by atoms with Gasteiger partial charge in [0.2, 0.25) is 5.91 Å². The summed E-state index contributed by atoms with van der Waals surface area (Å²) in [7, 11) is 1.54. The molecule has 20 heavy (non-hydrogen) atoms. The molecule has 0 aliphatic rings. The Balaban J connectivity index is 2.37. The zero-order valence-electron chi connectivity index (χ0n) is 11.1. The van der Waals surface area contributed by atoms with Gasteiger partial charge in [-0.15, -0.1) is 0 Å². The molecule has 110 valence electrons. The molecule has 0 radical (unpaired) electrons. The molecule has 3 N–H and O–H groups in total. The summed E-state index contributed by atoms with van der Waals surface area (Å²) in [5, 5.41) is 14.2. The molecule has 0 aliphatic carbocycles. The fraction of sp³-hybridized carbons (Fsp3) is 0.385. The summed E-state index contributed by atoms with van der Waals surface area (Å²) in [6, 6.07) is 3.84. The van der Waals surface area contributed by atoms with E-state index in [0.29, 0.717) is 18.7 Å². The molecule has 0 heterocycles. The van der Waals surface area contributed by atoms with Crippen LogP contribution in [0.1, 0.15) is 15.9 Å². The second-order valence-electron chi connectivity index (χ2n) is 4.07. The van der Waals surface area contributed by atoms with Crippen LogP contribution in [0.4, 0.5) is 4.39 Å². The summed E-state index contributed by atoms with van der Waals surface area (Å²) in [4.78, 5) is 22.0. The Bertz CT molecular complexity index is 479. The lowest BCUT2D eigenvalue weighted by atomic mass is 10.1. The minimum atomic E-state index is -1.31. The molecule has 1 aromatic rings. The van der Waals surface area contributed by atoms with Crippen LogP contribution in [0.25, 0.3) is 0 Å². The number of carboxylic acid groups (broad SMARTS) is 1. The lowest BCUT2D eigenvalue weighted by Gasteiger charge is -2.07. The molecular formula is C13H17FN2O4. The fourth-order valence-corrected chi connectivity index (χ4v) is 1.52. The van der Waals surface area contributed by atoms with E-state index in [2.05, 4.69) is 10.6 Å². The van der Waals surface area contributed by atoms with Crippen molar-refractivity contribution in [3.63, 3.8) is 0 Å². The smallest absolute Gasteiger partial charge is 0.338 e. The van der Waals surface area contributed by atoms with Crippen molar-refractivity contribution < 1.29 is 23.8 Å². The van der Waals surface area contributed by atoms with E-state index in [4.69, 9.17) is 9.84 Å². The van der Waals surface area contributed by atoms with E-state index in [-0.39, 0.29) is 24.6 Å². The zero-order chi connectivity index (χ0) is 15.0. The Kier molecular flexibility index (Phi) is 6.61. The minimum Gasteiger partial charge on any atom is -0.478 e. The molecule has 6 nitrogen and oxygen atoms in total. The third kappa shape index (κ3) is 5.33. The first kappa shape index (κ1) is 16.1. The second-order valence-corrected chi connectivity index (χ2v) is 4.07. The van der Waals surface area contributed by atoms with E-state index < -0.39 is 11.8 Å². The van der Waals surface area contributed by atoms with Gasteiger partial charge in [0.25, 0.3) is 0 Å². The SMILES string of the molecule is COCCNC(=O)CNCc1ccc(C(=O)O)c(F)c1. The highest BCUT2D eigenvalue weighted by Gasteiger charge is 2.10. The van der Waals surface area contributed by atoms with Crippen LogP contribution in [0.15, 0.2) is 18.2 Å². The van der Waals surface area contributed by atoms with Crippen LogP contribution in [0.5, 0.6) is 0 Å². The number of aromatic carboxylic acids is 1. The maximum atomic E-state index is 13.4. The van der Waals surface area contributed by atoms with E-state index in [1.165, 1.54) is 12.1 Å². The first-order valence-electron chi connectivity index (χ1n) is 6.02. The highest BCUT2D eigenvalue weighted by atomic mass is 19.1. The third-order valence-corrected chi connectivity index (χ3v) is 2.51. The number of amides is 1. The fourth-order valence-electron chi connectivity index (χ4n) is 1.52. The molecule has 0 bridgehead atoms. The van der Waals surface area contributed by atoms with Gasteiger partial charge in [0, 0.05) is 20.2 Å². The van der Waals surface area contributed by atoms with E-state index >= 15 is 0 Å². The Morgan fingerprint density at radius 3 is 2.75 bits per heavy atom. The van der Waals surface area contributed by atoms with Crippen LogP contribution in [0, 0.1) is 5.82 Å². The number of hydrogen-bond donors (Lipinski definition) is 3. The first-order chi connectivity index (χ1) is 9.54. The number of benzene rings is 1. The Labute approximate surface area is 115 Å². The number of ether oxygens (including phenoxy) is 1. The molecule has 1 aromatic carbocycles. The third-order valence-electron chi connectivity index (χ3n) is 2.51. The van der Waals surface area contributed by atoms with E-state index in [1.54, 1.807) is 7.11 Å². The number of nitrogens with one attached hydrogen (secondary N) is 2. The molecule has 0 aromatic heterocycles. The summed E-state index contributed by atoms with van der Waals surface area (Å²) >= 11 is 0. The molecule has 0 saturated carbocycles. The normalized spacial score (nSPS) is 10.3. The lowest BCUT2D eigenvalue weighted by molar-refractivity contribution is -0.120. The van der Waals surface area contributed by atoms with Crippen LogP contribution in [-0.4, -0.2) is 43.8 Å². The number of carbonyl (C=O) groups excluding carboxylic acids is 1. The monoisotopic (exact) mass is 284 g/mol. The van der Waals surface area contributed by atoms with Gasteiger partial charge < -0.3 is 20.5 Å². The van der Waals surface area contributed by atoms with Gasteiger partial charge in [0.15, 0.2) is 0 Å². The molecule has 0 unspecified atom stereocenters. The lowest BCUT2D eigenvalue weighted by Crippen LogP contribution is -2.35. The Morgan fingerprint density at radius 2 is 2.15 bits per heavy atom. The van der Waals surface area contributed by atoms with Crippen LogP contribution < -0.4 is 10.6 Å². The van der Waals surface area contributed by atoms with Gasteiger partial charge >= 0.3 is 5.97 Å². The summed E-state index contributed by atoms with van der Waals surface area (Å²) in [6.07, 6.45) is 0. The van der Waals surface area contributed by atoms with Crippen molar-refractivity contribution in [3.8, 4) is 0 Å². The van der Waals surface area contributed by atoms with Crippen molar-refractivity contribution in [2.24, 2.45) is 0 Å². The standard InChI is InChI=1S/C13H17FN2O4/c1-20-5-4-16-12(17)8-15-7-9-2-3-10(13(18)19)11(14)6-9/h2-3,6,15H,4-5,7-8H2,1H3,(H,16,17)(H,18,19). The maximum Gasteiger partial charge on any atom is 0.338 e. The van der Waals surface area contributed by atoms with Crippen LogP contribution in [0.3, 0.4) is 0 Å². The summed E-state index contributed by atoms with van der Waals surface area (Å²) in [5.74, 6) is -2.29. The summed E-state index contributed by atoms with van der Waals surface area (Å²) in [5.41, 5.74) is 0.197. The van der Waals surface area contributed by atoms with E-state index in [1.807, 2.05) is 0 Å². The van der Waals surface area contributed by atoms with Crippen molar-refractivity contribution in [2.45, 2.75) is 6.54 Å². The maximum absolute atomic E-state index is 13.4. The van der Waals surface area contributed by atoms with Crippen LogP contribution in [-0.2, 0) is 16.1 Å². The molecule has 1 amide bonds. The predicted octanol–water partition coefficient (Wildman–Crippen LogP) is 0.376. The van der Waals surface area contributed by atoms with Crippen molar-refractivity contribution in [1.82, 2.24) is 10.6 Å². The average Bonchev–Trinajstić information content (AvgIpc) is 2.38. The molecule has 0 fully saturated rings. The van der Waals surface area contributed by atoms with Crippen molar-refractivity contribution >= 4 is 11.9 Å². The molecule has 0 atom stereocenters. The van der Waals surface area contributed by atoms with Gasteiger partial charge in [-0.2, -0.15) is 0 Å². The molecule has 7 heteroatoms. The number of halogens is 1. The quantitative estimate of drug-likeness (QED) is 0.601. The molecular weight excluding hydrogens is 267 g/mol. The summed E-state index contributed by atoms with van der Waals surface area (Å²) in [6.45, 7) is 1.23. The van der Waals surface area contributed by atoms with Gasteiger partial charge in [-0.25, -0.2) is 9.18 Å². The predicted molar refractivity (Wildman–Crippen MR) is 70.0 cm³/mol. The largest absolute Gasteiger partial charge is 0.478 e. The number of methoxy groups -OCH3 is 1. The average molecular weight is 284 g/mol. The Hall–Kier alpha value is -1.99. The van der Waals surface area contributed by atoms with E-state index in [0.717, 1.165) is 6.07 Å². The molecule has 0 saturated heterocycles. The molecule has 0 spiro atoms. The van der Waals surface area contributed by atoms with Gasteiger partial charge in [-0.1, -0.05) is 6.07 Å². The first-order valence-corrected chi connectivity index (χ1v) is 6.02. The molecule has 1 rings (SSSR count). The van der Waals surface area contributed by atoms with Crippen LogP contribution in [0.2, 0.25) is 0 Å². The van der Waals surface area contributed by atoms with Crippen molar-refractivity contribution in [3.05, 3.63) is 35.1 Å². The van der Waals surface area contributed by atoms with Gasteiger partial charge in [-0.3, -0.25) is 4.79 Å². The Morgan fingerprint density at radius 1 is 1.40 bits per heavy atom. The number of carbonyl (C=O) groups is 2. The highest BCUT2D eigenvalue weighted by molar-refractivity contribution is 5.87. The minimum absolute atomic E-state index is 0.0893. The zero-order valence-corrected chi connectivity index (χ0v) is 11.1. The van der Waals surface area contributed by atoms with Crippen LogP contribution >= 0.6 is 0 Å². The number of hydrogen-bond acceptors (Lipinski definition) is 4. The second kappa shape index (κ2) is 8.23. The van der Waals surface area contributed by atoms with Gasteiger partial charge in [-0.05, 0) is 17.7 Å². The number of rotatable bonds is 8. The topological polar surface area (TPSA) is 87.7 Å². The van der Waals surface area contributed by atoms with Crippen molar-refractivity contribution in [1.29, 1.82) is 0 Å². The van der Waals surface area contributed by atoms with E-state index in [9.17, 15) is 14.0 Å². The molecule has 0 aliphatic heterocycles.